The van der Waals surface area contributed by atoms with Crippen molar-refractivity contribution in [2.24, 2.45) is 0 Å². The number of aromatic amines is 2. The summed E-state index contributed by atoms with van der Waals surface area (Å²) >= 11 is 0. The van der Waals surface area contributed by atoms with Gasteiger partial charge in [0.15, 0.2) is 0 Å². The lowest BCUT2D eigenvalue weighted by Gasteiger charge is -2.04. The number of aromatic nitrogens is 4. The van der Waals surface area contributed by atoms with E-state index in [2.05, 4.69) is 34.2 Å². The molecule has 0 amide bonds. The lowest BCUT2D eigenvalue weighted by atomic mass is 10.0. The number of nitro benzene ring substituents is 1. The molecule has 8 bridgehead atoms. The Morgan fingerprint density at radius 2 is 1.13 bits per heavy atom. The summed E-state index contributed by atoms with van der Waals surface area (Å²) in [4.78, 5) is 27.7. The molecule has 0 unspecified atom stereocenters. The van der Waals surface area contributed by atoms with Crippen molar-refractivity contribution >= 4 is 52.1 Å². The summed E-state index contributed by atoms with van der Waals surface area (Å²) < 4.78 is 0. The van der Waals surface area contributed by atoms with E-state index in [9.17, 15) is 10.1 Å². The third-order valence-electron chi connectivity index (χ3n) is 6.83. The molecule has 0 saturated carbocycles. The highest BCUT2D eigenvalue weighted by Crippen LogP contribution is 2.33. The van der Waals surface area contributed by atoms with Crippen LogP contribution in [0.2, 0.25) is 0 Å². The molecule has 0 saturated heterocycles. The Morgan fingerprint density at radius 3 is 1.67 bits per heavy atom. The topological polar surface area (TPSA) is 100 Å². The number of nitrogens with one attached hydrogen (secondary N) is 2. The molecule has 2 aromatic carbocycles. The van der Waals surface area contributed by atoms with Crippen molar-refractivity contribution in [1.82, 2.24) is 19.9 Å². The van der Waals surface area contributed by atoms with Crippen molar-refractivity contribution in [1.29, 1.82) is 0 Å². The first-order valence-corrected chi connectivity index (χ1v) is 12.5. The molecule has 0 aliphatic carbocycles. The van der Waals surface area contributed by atoms with Gasteiger partial charge in [0, 0.05) is 45.3 Å². The largest absolute Gasteiger partial charge is 0.355 e. The number of nitro groups is 1. The molecular formula is C32H21N5O2. The van der Waals surface area contributed by atoms with Crippen LogP contribution in [-0.4, -0.2) is 24.9 Å². The minimum absolute atomic E-state index is 0.0401. The van der Waals surface area contributed by atoms with E-state index in [1.165, 1.54) is 12.1 Å². The SMILES string of the molecule is O=[N+]([O-])c1ccc(-c2c3nc(cc4ccc([nH]4)c(-c4ccccc4)c4ccc(cc5nc2C=C5)[nH]4)C=C3)cc1. The fourth-order valence-electron chi connectivity index (χ4n) is 5.04. The van der Waals surface area contributed by atoms with Crippen molar-refractivity contribution in [3.8, 4) is 22.3 Å². The standard InChI is InChI=1S/C32H21N5O2/c38-37(39)26-12-6-21(7-13-26)32-29-16-10-24(35-29)18-22-8-14-27(33-22)31(20-4-2-1-3-5-20)28-15-9-23(34-28)19-25-11-17-30(32)36-25/h1-19,33-34H. The Balaban J connectivity index is 1.54. The molecule has 3 aromatic heterocycles. The van der Waals surface area contributed by atoms with Gasteiger partial charge in [-0.3, -0.25) is 10.1 Å². The van der Waals surface area contributed by atoms with Gasteiger partial charge in [-0.05, 0) is 84.0 Å². The summed E-state index contributed by atoms with van der Waals surface area (Å²) in [5.74, 6) is 0. The molecule has 5 heterocycles. The number of hydrogen-bond donors (Lipinski definition) is 2. The van der Waals surface area contributed by atoms with E-state index in [4.69, 9.17) is 9.97 Å². The number of hydrogen-bond acceptors (Lipinski definition) is 4. The highest BCUT2D eigenvalue weighted by atomic mass is 16.6. The van der Waals surface area contributed by atoms with Crippen molar-refractivity contribution in [3.05, 3.63) is 124 Å². The van der Waals surface area contributed by atoms with Crippen molar-refractivity contribution in [3.63, 3.8) is 0 Å². The van der Waals surface area contributed by atoms with E-state index < -0.39 is 4.92 Å². The van der Waals surface area contributed by atoms with Crippen molar-refractivity contribution in [2.45, 2.75) is 0 Å². The quantitative estimate of drug-likeness (QED) is 0.187. The second kappa shape index (κ2) is 9.08. The molecule has 7 rings (SSSR count). The molecule has 7 heteroatoms. The average Bonchev–Trinajstić information content (AvgIpc) is 3.76. The lowest BCUT2D eigenvalue weighted by molar-refractivity contribution is -0.384. The second-order valence-corrected chi connectivity index (χ2v) is 9.37. The predicted octanol–water partition coefficient (Wildman–Crippen LogP) is 7.90. The number of rotatable bonds is 3. The molecule has 0 radical (unpaired) electrons. The molecule has 186 valence electrons. The van der Waals surface area contributed by atoms with Crippen LogP contribution in [0, 0.1) is 10.1 Å². The summed E-state index contributed by atoms with van der Waals surface area (Å²) in [6, 6.07) is 29.1. The molecule has 39 heavy (non-hydrogen) atoms. The maximum absolute atomic E-state index is 11.2. The first-order valence-electron chi connectivity index (χ1n) is 12.5. The summed E-state index contributed by atoms with van der Waals surface area (Å²) in [5.41, 5.74) is 10.8. The summed E-state index contributed by atoms with van der Waals surface area (Å²) in [6.45, 7) is 0. The molecule has 0 spiro atoms. The lowest BCUT2D eigenvalue weighted by Crippen LogP contribution is -1.91. The average molecular weight is 508 g/mol. The monoisotopic (exact) mass is 507 g/mol. The molecule has 2 aliphatic rings. The van der Waals surface area contributed by atoms with E-state index in [-0.39, 0.29) is 5.69 Å². The Labute approximate surface area is 223 Å². The highest BCUT2D eigenvalue weighted by molar-refractivity contribution is 5.94. The third-order valence-corrected chi connectivity index (χ3v) is 6.83. The van der Waals surface area contributed by atoms with Crippen LogP contribution in [0.5, 0.6) is 0 Å². The molecule has 2 aliphatic heterocycles. The fraction of sp³-hybridized carbons (Fsp3) is 0. The molecule has 2 N–H and O–H groups in total. The Hall–Kier alpha value is -5.56. The zero-order valence-corrected chi connectivity index (χ0v) is 20.6. The first kappa shape index (κ1) is 22.6. The van der Waals surface area contributed by atoms with Gasteiger partial charge in [-0.2, -0.15) is 0 Å². The van der Waals surface area contributed by atoms with E-state index in [0.29, 0.717) is 0 Å². The number of benzene rings is 2. The minimum atomic E-state index is -0.398. The normalized spacial score (nSPS) is 12.1. The van der Waals surface area contributed by atoms with E-state index in [1.807, 2.05) is 66.8 Å². The zero-order chi connectivity index (χ0) is 26.3. The Bertz CT molecular complexity index is 1890. The fourth-order valence-corrected chi connectivity index (χ4v) is 5.04. The Morgan fingerprint density at radius 1 is 0.590 bits per heavy atom. The second-order valence-electron chi connectivity index (χ2n) is 9.37. The van der Waals surface area contributed by atoms with Crippen LogP contribution in [0.4, 0.5) is 5.69 Å². The van der Waals surface area contributed by atoms with E-state index in [0.717, 1.165) is 67.1 Å². The smallest absolute Gasteiger partial charge is 0.269 e. The summed E-state index contributed by atoms with van der Waals surface area (Å²) in [7, 11) is 0. The van der Waals surface area contributed by atoms with Crippen molar-refractivity contribution < 1.29 is 4.92 Å². The molecule has 0 atom stereocenters. The van der Waals surface area contributed by atoms with E-state index in [1.54, 1.807) is 12.1 Å². The van der Waals surface area contributed by atoms with Crippen LogP contribution in [0.25, 0.3) is 68.6 Å². The third kappa shape index (κ3) is 4.22. The molecule has 0 fully saturated rings. The number of non-ortho nitro benzene ring substituents is 1. The van der Waals surface area contributed by atoms with Crippen LogP contribution < -0.4 is 0 Å². The van der Waals surface area contributed by atoms with Crippen LogP contribution in [0.1, 0.15) is 22.8 Å². The van der Waals surface area contributed by atoms with Gasteiger partial charge in [-0.1, -0.05) is 30.3 Å². The van der Waals surface area contributed by atoms with Crippen LogP contribution in [0.15, 0.2) is 91.0 Å². The van der Waals surface area contributed by atoms with Gasteiger partial charge in [0.05, 0.1) is 27.7 Å². The van der Waals surface area contributed by atoms with Crippen LogP contribution >= 0.6 is 0 Å². The highest BCUT2D eigenvalue weighted by Gasteiger charge is 2.15. The minimum Gasteiger partial charge on any atom is -0.355 e. The van der Waals surface area contributed by atoms with Gasteiger partial charge in [-0.25, -0.2) is 9.97 Å². The molecular weight excluding hydrogens is 486 g/mol. The van der Waals surface area contributed by atoms with Gasteiger partial charge >= 0.3 is 0 Å². The number of H-pyrrole nitrogens is 2. The predicted molar refractivity (Wildman–Crippen MR) is 156 cm³/mol. The molecule has 5 aromatic rings. The van der Waals surface area contributed by atoms with Gasteiger partial charge in [0.1, 0.15) is 0 Å². The zero-order valence-electron chi connectivity index (χ0n) is 20.6. The van der Waals surface area contributed by atoms with E-state index >= 15 is 0 Å². The number of fused-ring (bicyclic) bond motifs is 8. The van der Waals surface area contributed by atoms with Crippen LogP contribution in [-0.2, 0) is 0 Å². The maximum atomic E-state index is 11.2. The molecule has 7 nitrogen and oxygen atoms in total. The van der Waals surface area contributed by atoms with Gasteiger partial charge < -0.3 is 9.97 Å². The maximum Gasteiger partial charge on any atom is 0.269 e. The number of nitrogens with zero attached hydrogens (tertiary/aromatic N) is 3. The van der Waals surface area contributed by atoms with Gasteiger partial charge in [0.25, 0.3) is 5.69 Å². The summed E-state index contributed by atoms with van der Waals surface area (Å²) in [6.07, 6.45) is 7.85. The van der Waals surface area contributed by atoms with Crippen molar-refractivity contribution in [2.75, 3.05) is 0 Å². The Kier molecular flexibility index (Phi) is 5.26. The van der Waals surface area contributed by atoms with Gasteiger partial charge in [-0.15, -0.1) is 0 Å². The van der Waals surface area contributed by atoms with Crippen LogP contribution in [0.3, 0.4) is 0 Å². The first-order chi connectivity index (χ1) is 19.1. The summed E-state index contributed by atoms with van der Waals surface area (Å²) in [5, 5.41) is 11.2. The van der Waals surface area contributed by atoms with Gasteiger partial charge in [0.2, 0.25) is 0 Å².